The van der Waals surface area contributed by atoms with Gasteiger partial charge in [-0.15, -0.1) is 10.2 Å². The summed E-state index contributed by atoms with van der Waals surface area (Å²) in [7, 11) is 0. The van der Waals surface area contributed by atoms with E-state index >= 15 is 0 Å². The highest BCUT2D eigenvalue weighted by Crippen LogP contribution is 2.27. The lowest BCUT2D eigenvalue weighted by Gasteiger charge is -2.20. The zero-order valence-corrected chi connectivity index (χ0v) is 21.3. The van der Waals surface area contributed by atoms with Gasteiger partial charge in [-0.25, -0.2) is 4.57 Å². The molecule has 0 atom stereocenters. The van der Waals surface area contributed by atoms with Gasteiger partial charge < -0.3 is 4.90 Å². The molecule has 7 nitrogen and oxygen atoms in total. The second-order valence-corrected chi connectivity index (χ2v) is 9.69. The lowest BCUT2D eigenvalue weighted by atomic mass is 10.0. The van der Waals surface area contributed by atoms with Crippen LogP contribution in [0.25, 0.3) is 22.4 Å². The van der Waals surface area contributed by atoms with Crippen LogP contribution in [0.5, 0.6) is 0 Å². The minimum Gasteiger partial charge on any atom is -0.312 e. The molecule has 0 bridgehead atoms. The molecule has 0 unspecified atom stereocenters. The average molecular weight is 498 g/mol. The first-order chi connectivity index (χ1) is 17.5. The van der Waals surface area contributed by atoms with Crippen molar-refractivity contribution in [3.05, 3.63) is 94.8 Å². The molecule has 0 aliphatic rings. The largest absolute Gasteiger partial charge is 0.312 e. The molecule has 0 fully saturated rings. The Morgan fingerprint density at radius 1 is 0.944 bits per heavy atom. The summed E-state index contributed by atoms with van der Waals surface area (Å²) >= 11 is 1.32. The van der Waals surface area contributed by atoms with E-state index in [0.29, 0.717) is 28.4 Å². The van der Waals surface area contributed by atoms with Crippen LogP contribution in [-0.2, 0) is 4.79 Å². The molecule has 2 heterocycles. The van der Waals surface area contributed by atoms with Crippen molar-refractivity contribution < 1.29 is 4.79 Å². The number of thioether (sulfide) groups is 1. The molecule has 5 rings (SSSR count). The monoisotopic (exact) mass is 497 g/mol. The Bertz CT molecular complexity index is 1610. The van der Waals surface area contributed by atoms with Crippen molar-refractivity contribution in [1.82, 2.24) is 19.2 Å². The zero-order valence-electron chi connectivity index (χ0n) is 20.5. The fraction of sp³-hybridized carbons (Fsp3) is 0.214. The number of hydrogen-bond acceptors (Lipinski definition) is 5. The molecule has 1 amide bonds. The van der Waals surface area contributed by atoms with Crippen LogP contribution in [-0.4, -0.2) is 37.4 Å². The minimum absolute atomic E-state index is 0.0202. The van der Waals surface area contributed by atoms with Gasteiger partial charge in [-0.3, -0.25) is 14.0 Å². The van der Waals surface area contributed by atoms with Crippen LogP contribution in [0.2, 0.25) is 0 Å². The van der Waals surface area contributed by atoms with Gasteiger partial charge in [0.2, 0.25) is 11.7 Å². The van der Waals surface area contributed by atoms with Crippen molar-refractivity contribution in [2.75, 3.05) is 17.2 Å². The van der Waals surface area contributed by atoms with Crippen LogP contribution in [0.4, 0.5) is 5.69 Å². The van der Waals surface area contributed by atoms with E-state index < -0.39 is 0 Å². The molecule has 0 spiro atoms. The Morgan fingerprint density at radius 2 is 1.64 bits per heavy atom. The average Bonchev–Trinajstić information content (AvgIpc) is 3.32. The summed E-state index contributed by atoms with van der Waals surface area (Å²) in [6, 6.07) is 25.0. The van der Waals surface area contributed by atoms with Crippen molar-refractivity contribution in [3.63, 3.8) is 0 Å². The third-order valence-corrected chi connectivity index (χ3v) is 7.12. The first-order valence-corrected chi connectivity index (χ1v) is 13.0. The van der Waals surface area contributed by atoms with Crippen molar-refractivity contribution in [1.29, 1.82) is 0 Å². The third kappa shape index (κ3) is 4.18. The summed E-state index contributed by atoms with van der Waals surface area (Å²) in [5.41, 5.74) is 3.26. The summed E-state index contributed by atoms with van der Waals surface area (Å²) in [5, 5.41) is 9.99. The number of nitrogens with zero attached hydrogens (tertiary/aromatic N) is 5. The number of carbonyl (C=O) groups excluding carboxylic acids is 1. The Balaban J connectivity index is 1.61. The van der Waals surface area contributed by atoms with E-state index in [0.717, 1.165) is 16.9 Å². The van der Waals surface area contributed by atoms with E-state index in [-0.39, 0.29) is 23.1 Å². The van der Waals surface area contributed by atoms with Crippen molar-refractivity contribution in [2.24, 2.45) is 0 Å². The molecule has 0 aliphatic carbocycles. The topological polar surface area (TPSA) is 72.5 Å². The first-order valence-electron chi connectivity index (χ1n) is 12.0. The summed E-state index contributed by atoms with van der Waals surface area (Å²) < 4.78 is 3.52. The highest BCUT2D eigenvalue weighted by molar-refractivity contribution is 7.99. The molecule has 8 heteroatoms. The fourth-order valence-corrected chi connectivity index (χ4v) is 5.30. The highest BCUT2D eigenvalue weighted by atomic mass is 32.2. The van der Waals surface area contributed by atoms with E-state index in [1.165, 1.54) is 11.8 Å². The molecule has 5 aromatic rings. The van der Waals surface area contributed by atoms with Gasteiger partial charge in [0, 0.05) is 12.2 Å². The summed E-state index contributed by atoms with van der Waals surface area (Å²) in [4.78, 5) is 28.6. The quantitative estimate of drug-likeness (QED) is 0.285. The van der Waals surface area contributed by atoms with Crippen LogP contribution in [0.1, 0.15) is 32.3 Å². The van der Waals surface area contributed by atoms with Crippen LogP contribution < -0.4 is 10.5 Å². The molecular formula is C28H27N5O2S. The molecule has 3 aromatic carbocycles. The second-order valence-electron chi connectivity index (χ2n) is 8.75. The van der Waals surface area contributed by atoms with Crippen molar-refractivity contribution in [2.45, 2.75) is 31.8 Å². The Hall–Kier alpha value is -3.91. The second kappa shape index (κ2) is 9.99. The number of fused-ring (bicyclic) bond motifs is 3. The Kier molecular flexibility index (Phi) is 6.61. The van der Waals surface area contributed by atoms with E-state index in [2.05, 4.69) is 24.0 Å². The molecule has 0 radical (unpaired) electrons. The Morgan fingerprint density at radius 3 is 2.39 bits per heavy atom. The molecule has 0 N–H and O–H groups in total. The number of para-hydroxylation sites is 3. The van der Waals surface area contributed by atoms with Gasteiger partial charge in [0.25, 0.3) is 5.56 Å². The number of amides is 1. The number of anilines is 1. The van der Waals surface area contributed by atoms with Gasteiger partial charge in [0.1, 0.15) is 0 Å². The maximum atomic E-state index is 13.7. The van der Waals surface area contributed by atoms with Crippen LogP contribution >= 0.6 is 11.8 Å². The maximum Gasteiger partial charge on any atom is 0.267 e. The Labute approximate surface area is 213 Å². The minimum atomic E-state index is -0.146. The predicted molar refractivity (Wildman–Crippen MR) is 145 cm³/mol. The molecule has 182 valence electrons. The van der Waals surface area contributed by atoms with Gasteiger partial charge >= 0.3 is 0 Å². The van der Waals surface area contributed by atoms with Gasteiger partial charge in [0.05, 0.1) is 22.3 Å². The maximum absolute atomic E-state index is 13.7. The smallest absolute Gasteiger partial charge is 0.267 e. The first kappa shape index (κ1) is 23.8. The van der Waals surface area contributed by atoms with Gasteiger partial charge in [-0.1, -0.05) is 74.1 Å². The standard InChI is InChI=1S/C28H27N5O2S/c1-4-31(20-12-6-5-7-13-20)25(34)18-36-28-30-29-27-32(23-16-10-8-14-21(23)19(2)3)26(35)22-15-9-11-17-24(22)33(27)28/h5-17,19H,4,18H2,1-3H3. The van der Waals surface area contributed by atoms with Crippen molar-refractivity contribution >= 4 is 40.0 Å². The summed E-state index contributed by atoms with van der Waals surface area (Å²) in [5.74, 6) is 0.817. The normalized spacial score (nSPS) is 11.4. The number of carbonyl (C=O) groups is 1. The number of benzene rings is 3. The van der Waals surface area contributed by atoms with Crippen molar-refractivity contribution in [3.8, 4) is 5.69 Å². The summed E-state index contributed by atoms with van der Waals surface area (Å²) in [6.07, 6.45) is 0. The molecule has 0 aliphatic heterocycles. The van der Waals surface area contributed by atoms with Gasteiger partial charge in [-0.2, -0.15) is 0 Å². The van der Waals surface area contributed by atoms with Crippen LogP contribution in [0, 0.1) is 0 Å². The molecule has 0 saturated heterocycles. The summed E-state index contributed by atoms with van der Waals surface area (Å²) in [6.45, 7) is 6.73. The van der Waals surface area contributed by atoms with Crippen LogP contribution in [0.15, 0.2) is 88.8 Å². The molecule has 36 heavy (non-hydrogen) atoms. The predicted octanol–water partition coefficient (Wildman–Crippen LogP) is 5.30. The molecule has 0 saturated carbocycles. The van der Waals surface area contributed by atoms with Gasteiger partial charge in [-0.05, 0) is 48.7 Å². The number of hydrogen-bond donors (Lipinski definition) is 0. The lowest BCUT2D eigenvalue weighted by Crippen LogP contribution is -2.32. The van der Waals surface area contributed by atoms with Gasteiger partial charge in [0.15, 0.2) is 5.16 Å². The molecule has 2 aromatic heterocycles. The molecular weight excluding hydrogens is 470 g/mol. The fourth-order valence-electron chi connectivity index (χ4n) is 4.48. The number of rotatable bonds is 7. The van der Waals surface area contributed by atoms with E-state index in [1.54, 1.807) is 9.47 Å². The van der Waals surface area contributed by atoms with E-state index in [4.69, 9.17) is 0 Å². The zero-order chi connectivity index (χ0) is 25.2. The number of aromatic nitrogens is 4. The SMILES string of the molecule is CCN(C(=O)CSc1nnc2n(-c3ccccc3C(C)C)c(=O)c3ccccc3n12)c1ccccc1. The van der Waals surface area contributed by atoms with E-state index in [9.17, 15) is 9.59 Å². The van der Waals surface area contributed by atoms with Crippen LogP contribution in [0.3, 0.4) is 0 Å². The van der Waals surface area contributed by atoms with E-state index in [1.807, 2.05) is 90.2 Å². The lowest BCUT2D eigenvalue weighted by molar-refractivity contribution is -0.116. The third-order valence-electron chi connectivity index (χ3n) is 6.20. The highest BCUT2D eigenvalue weighted by Gasteiger charge is 2.21.